The Morgan fingerprint density at radius 2 is 1.74 bits per heavy atom. The zero-order valence-corrected chi connectivity index (χ0v) is 14.3. The van der Waals surface area contributed by atoms with Crippen LogP contribution < -0.4 is 15.4 Å². The molecule has 2 amide bonds. The summed E-state index contributed by atoms with van der Waals surface area (Å²) in [5.41, 5.74) is 3.72. The molecule has 0 bridgehead atoms. The van der Waals surface area contributed by atoms with E-state index in [2.05, 4.69) is 10.6 Å². The molecule has 122 valence electrons. The summed E-state index contributed by atoms with van der Waals surface area (Å²) in [7, 11) is 0. The van der Waals surface area contributed by atoms with E-state index >= 15 is 0 Å². The van der Waals surface area contributed by atoms with Crippen LogP contribution in [0.5, 0.6) is 5.75 Å². The standard InChI is InChI=1S/C18H21ClN2O2/c1-12-6-4-7-13(2)17(12)23-11-10-20-18(22)21-16-9-5-8-15(19)14(16)3/h4-9H,10-11H2,1-3H3,(H2,20,21,22). The topological polar surface area (TPSA) is 50.4 Å². The van der Waals surface area contributed by atoms with Crippen molar-refractivity contribution < 1.29 is 9.53 Å². The minimum absolute atomic E-state index is 0.277. The summed E-state index contributed by atoms with van der Waals surface area (Å²) < 4.78 is 5.75. The van der Waals surface area contributed by atoms with E-state index in [-0.39, 0.29) is 6.03 Å². The number of ether oxygens (including phenoxy) is 1. The van der Waals surface area contributed by atoms with Gasteiger partial charge in [0.2, 0.25) is 0 Å². The third kappa shape index (κ3) is 4.63. The predicted molar refractivity (Wildman–Crippen MR) is 94.6 cm³/mol. The minimum Gasteiger partial charge on any atom is -0.491 e. The highest BCUT2D eigenvalue weighted by molar-refractivity contribution is 6.31. The first-order valence-electron chi connectivity index (χ1n) is 7.48. The van der Waals surface area contributed by atoms with Crippen molar-refractivity contribution in [3.05, 3.63) is 58.1 Å². The van der Waals surface area contributed by atoms with Gasteiger partial charge in [0.25, 0.3) is 0 Å². The van der Waals surface area contributed by atoms with Gasteiger partial charge in [-0.15, -0.1) is 0 Å². The van der Waals surface area contributed by atoms with Gasteiger partial charge in [-0.3, -0.25) is 0 Å². The maximum absolute atomic E-state index is 11.9. The Morgan fingerprint density at radius 3 is 2.43 bits per heavy atom. The number of benzene rings is 2. The van der Waals surface area contributed by atoms with E-state index in [1.54, 1.807) is 12.1 Å². The number of carbonyl (C=O) groups excluding carboxylic acids is 1. The first-order valence-corrected chi connectivity index (χ1v) is 7.86. The first-order chi connectivity index (χ1) is 11.0. The molecule has 0 aliphatic carbocycles. The number of carbonyl (C=O) groups is 1. The molecule has 2 aromatic carbocycles. The van der Waals surface area contributed by atoms with Gasteiger partial charge in [-0.05, 0) is 49.6 Å². The number of para-hydroxylation sites is 1. The molecule has 0 aliphatic rings. The third-order valence-corrected chi connectivity index (χ3v) is 3.97. The summed E-state index contributed by atoms with van der Waals surface area (Å²) >= 11 is 6.03. The quantitative estimate of drug-likeness (QED) is 0.794. The van der Waals surface area contributed by atoms with Gasteiger partial charge < -0.3 is 15.4 Å². The number of amides is 2. The van der Waals surface area contributed by atoms with Crippen LogP contribution in [0.15, 0.2) is 36.4 Å². The van der Waals surface area contributed by atoms with Crippen LogP contribution in [0, 0.1) is 20.8 Å². The van der Waals surface area contributed by atoms with Gasteiger partial charge >= 0.3 is 6.03 Å². The first kappa shape index (κ1) is 17.2. The third-order valence-electron chi connectivity index (χ3n) is 3.56. The number of nitrogens with one attached hydrogen (secondary N) is 2. The van der Waals surface area contributed by atoms with E-state index in [9.17, 15) is 4.79 Å². The maximum Gasteiger partial charge on any atom is 0.319 e. The molecule has 0 saturated heterocycles. The fourth-order valence-corrected chi connectivity index (χ4v) is 2.43. The zero-order valence-electron chi connectivity index (χ0n) is 13.6. The average Bonchev–Trinajstić information content (AvgIpc) is 2.50. The summed E-state index contributed by atoms with van der Waals surface area (Å²) in [4.78, 5) is 11.9. The van der Waals surface area contributed by atoms with E-state index in [1.807, 2.05) is 45.0 Å². The summed E-state index contributed by atoms with van der Waals surface area (Å²) in [5, 5.41) is 6.18. The van der Waals surface area contributed by atoms with Crippen LogP contribution in [0.1, 0.15) is 16.7 Å². The maximum atomic E-state index is 11.9. The second-order valence-corrected chi connectivity index (χ2v) is 5.77. The molecule has 5 heteroatoms. The molecule has 0 saturated carbocycles. The molecule has 23 heavy (non-hydrogen) atoms. The minimum atomic E-state index is -0.277. The van der Waals surface area contributed by atoms with E-state index in [0.29, 0.717) is 23.9 Å². The number of urea groups is 1. The van der Waals surface area contributed by atoms with Gasteiger partial charge in [0.1, 0.15) is 12.4 Å². The van der Waals surface area contributed by atoms with E-state index in [1.165, 1.54) is 0 Å². The van der Waals surface area contributed by atoms with Gasteiger partial charge in [-0.1, -0.05) is 35.9 Å². The van der Waals surface area contributed by atoms with Crippen molar-refractivity contribution in [2.24, 2.45) is 0 Å². The average molecular weight is 333 g/mol. The Bertz CT molecular complexity index is 681. The second kappa shape index (κ2) is 7.88. The van der Waals surface area contributed by atoms with Gasteiger partial charge in [0.05, 0.1) is 6.54 Å². The van der Waals surface area contributed by atoms with Crippen molar-refractivity contribution in [1.29, 1.82) is 0 Å². The highest BCUT2D eigenvalue weighted by Gasteiger charge is 2.07. The number of anilines is 1. The molecule has 2 N–H and O–H groups in total. The SMILES string of the molecule is Cc1cccc(C)c1OCCNC(=O)Nc1cccc(Cl)c1C. The van der Waals surface area contributed by atoms with E-state index in [0.717, 1.165) is 22.4 Å². The Morgan fingerprint density at radius 1 is 1.09 bits per heavy atom. The molecule has 0 aliphatic heterocycles. The number of halogens is 1. The Kier molecular flexibility index (Phi) is 5.88. The highest BCUT2D eigenvalue weighted by Crippen LogP contribution is 2.23. The molecule has 0 atom stereocenters. The van der Waals surface area contributed by atoms with Crippen LogP contribution in [0.4, 0.5) is 10.5 Å². The second-order valence-electron chi connectivity index (χ2n) is 5.36. The molecule has 2 rings (SSSR count). The molecule has 2 aromatic rings. The van der Waals surface area contributed by atoms with Crippen molar-refractivity contribution in [2.75, 3.05) is 18.5 Å². The number of hydrogen-bond donors (Lipinski definition) is 2. The van der Waals surface area contributed by atoms with Gasteiger partial charge in [-0.2, -0.15) is 0 Å². The largest absolute Gasteiger partial charge is 0.491 e. The lowest BCUT2D eigenvalue weighted by Gasteiger charge is -2.13. The molecule has 0 radical (unpaired) electrons. The molecule has 0 unspecified atom stereocenters. The monoisotopic (exact) mass is 332 g/mol. The van der Waals surface area contributed by atoms with Crippen molar-refractivity contribution in [1.82, 2.24) is 5.32 Å². The lowest BCUT2D eigenvalue weighted by molar-refractivity contribution is 0.247. The summed E-state index contributed by atoms with van der Waals surface area (Å²) in [6.07, 6.45) is 0. The van der Waals surface area contributed by atoms with Crippen LogP contribution >= 0.6 is 11.6 Å². The number of rotatable bonds is 5. The fraction of sp³-hybridized carbons (Fsp3) is 0.278. The van der Waals surface area contributed by atoms with Crippen LogP contribution in [-0.2, 0) is 0 Å². The Hall–Kier alpha value is -2.20. The smallest absolute Gasteiger partial charge is 0.319 e. The molecule has 0 spiro atoms. The summed E-state index contributed by atoms with van der Waals surface area (Å²) in [6, 6.07) is 11.1. The van der Waals surface area contributed by atoms with Crippen molar-refractivity contribution in [2.45, 2.75) is 20.8 Å². The number of hydrogen-bond acceptors (Lipinski definition) is 2. The van der Waals surface area contributed by atoms with E-state index in [4.69, 9.17) is 16.3 Å². The Balaban J connectivity index is 1.80. The molecular weight excluding hydrogens is 312 g/mol. The molecule has 0 heterocycles. The van der Waals surface area contributed by atoms with E-state index < -0.39 is 0 Å². The molecule has 4 nitrogen and oxygen atoms in total. The van der Waals surface area contributed by atoms with Crippen molar-refractivity contribution in [3.8, 4) is 5.75 Å². The predicted octanol–water partition coefficient (Wildman–Crippen LogP) is 4.47. The Labute approximate surface area is 141 Å². The lowest BCUT2D eigenvalue weighted by atomic mass is 10.1. The zero-order chi connectivity index (χ0) is 16.8. The van der Waals surface area contributed by atoms with Gasteiger partial charge in [0.15, 0.2) is 0 Å². The molecule has 0 fully saturated rings. The fourth-order valence-electron chi connectivity index (χ4n) is 2.25. The molecular formula is C18H21ClN2O2. The van der Waals surface area contributed by atoms with Crippen LogP contribution in [0.25, 0.3) is 0 Å². The van der Waals surface area contributed by atoms with Gasteiger partial charge in [0, 0.05) is 10.7 Å². The lowest BCUT2D eigenvalue weighted by Crippen LogP contribution is -2.32. The van der Waals surface area contributed by atoms with Crippen LogP contribution in [0.2, 0.25) is 5.02 Å². The number of aryl methyl sites for hydroxylation is 2. The summed E-state index contributed by atoms with van der Waals surface area (Å²) in [6.45, 7) is 6.70. The highest BCUT2D eigenvalue weighted by atomic mass is 35.5. The van der Waals surface area contributed by atoms with Gasteiger partial charge in [-0.25, -0.2) is 4.79 Å². The normalized spacial score (nSPS) is 10.3. The van der Waals surface area contributed by atoms with Crippen molar-refractivity contribution >= 4 is 23.3 Å². The summed E-state index contributed by atoms with van der Waals surface area (Å²) in [5.74, 6) is 0.875. The van der Waals surface area contributed by atoms with Crippen molar-refractivity contribution in [3.63, 3.8) is 0 Å². The van der Waals surface area contributed by atoms with Crippen LogP contribution in [-0.4, -0.2) is 19.2 Å². The molecule has 0 aromatic heterocycles. The van der Waals surface area contributed by atoms with Crippen LogP contribution in [0.3, 0.4) is 0 Å².